The van der Waals surface area contributed by atoms with E-state index in [2.05, 4.69) is 28.7 Å². The molecule has 0 saturated heterocycles. The van der Waals surface area contributed by atoms with Gasteiger partial charge in [-0.3, -0.25) is 14.9 Å². The summed E-state index contributed by atoms with van der Waals surface area (Å²) in [6.45, 7) is 4.24. The molecule has 66 valence electrons. The van der Waals surface area contributed by atoms with Gasteiger partial charge in [0, 0.05) is 12.4 Å². The van der Waals surface area contributed by atoms with Crippen LogP contribution in [0.25, 0.3) is 0 Å². The lowest BCUT2D eigenvalue weighted by atomic mass is 10.00. The maximum absolute atomic E-state index is 4.27. The summed E-state index contributed by atoms with van der Waals surface area (Å²) in [4.78, 5) is 10.4. The molecule has 1 heterocycles. The van der Waals surface area contributed by atoms with Crippen LogP contribution in [0.4, 0.5) is 0 Å². The van der Waals surface area contributed by atoms with E-state index in [4.69, 9.17) is 0 Å². The third-order valence-electron chi connectivity index (χ3n) is 2.31. The maximum atomic E-state index is 4.27. The molecule has 0 spiro atoms. The van der Waals surface area contributed by atoms with Crippen LogP contribution < -0.4 is 0 Å². The molecular formula is C9H15N3. The predicted molar refractivity (Wildman–Crippen MR) is 48.7 cm³/mol. The van der Waals surface area contributed by atoms with Crippen molar-refractivity contribution in [2.45, 2.75) is 19.4 Å². The molecule has 0 aliphatic rings. The Balaban J connectivity index is 2.98. The summed E-state index contributed by atoms with van der Waals surface area (Å²) in [5.41, 5.74) is 0.948. The first-order chi connectivity index (χ1) is 5.55. The minimum absolute atomic E-state index is 0.0474. The van der Waals surface area contributed by atoms with Gasteiger partial charge in [0.15, 0.2) is 0 Å². The normalized spacial score (nSPS) is 12.1. The van der Waals surface area contributed by atoms with Gasteiger partial charge >= 0.3 is 0 Å². The fraction of sp³-hybridized carbons (Fsp3) is 0.556. The summed E-state index contributed by atoms with van der Waals surface area (Å²) in [5.74, 6) is 0. The zero-order valence-electron chi connectivity index (χ0n) is 8.07. The lowest BCUT2D eigenvalue weighted by Crippen LogP contribution is -2.36. The van der Waals surface area contributed by atoms with Gasteiger partial charge in [-0.2, -0.15) is 0 Å². The Bertz CT molecular complexity index is 241. The molecule has 0 N–H and O–H groups in total. The monoisotopic (exact) mass is 165 g/mol. The number of nitrogens with zero attached hydrogens (tertiary/aromatic N) is 3. The summed E-state index contributed by atoms with van der Waals surface area (Å²) in [5, 5.41) is 0. The highest BCUT2D eigenvalue weighted by atomic mass is 15.1. The average molecular weight is 165 g/mol. The molecule has 0 bridgehead atoms. The highest BCUT2D eigenvalue weighted by Crippen LogP contribution is 2.21. The van der Waals surface area contributed by atoms with Crippen molar-refractivity contribution in [2.75, 3.05) is 14.1 Å². The molecule has 1 rings (SSSR count). The zero-order valence-corrected chi connectivity index (χ0v) is 8.07. The van der Waals surface area contributed by atoms with Gasteiger partial charge in [0.25, 0.3) is 0 Å². The summed E-state index contributed by atoms with van der Waals surface area (Å²) >= 11 is 0. The van der Waals surface area contributed by atoms with Crippen molar-refractivity contribution < 1.29 is 0 Å². The lowest BCUT2D eigenvalue weighted by Gasteiger charge is -2.31. The van der Waals surface area contributed by atoms with Crippen LogP contribution >= 0.6 is 0 Å². The third-order valence-corrected chi connectivity index (χ3v) is 2.31. The van der Waals surface area contributed by atoms with E-state index in [1.807, 2.05) is 14.1 Å². The van der Waals surface area contributed by atoms with Crippen molar-refractivity contribution in [3.8, 4) is 0 Å². The number of rotatable bonds is 2. The van der Waals surface area contributed by atoms with Gasteiger partial charge in [-0.25, -0.2) is 0 Å². The van der Waals surface area contributed by atoms with E-state index in [1.165, 1.54) is 0 Å². The van der Waals surface area contributed by atoms with E-state index in [1.54, 1.807) is 18.6 Å². The molecule has 3 nitrogen and oxygen atoms in total. The molecule has 0 radical (unpaired) electrons. The Morgan fingerprint density at radius 1 is 1.25 bits per heavy atom. The summed E-state index contributed by atoms with van der Waals surface area (Å²) in [7, 11) is 4.07. The third kappa shape index (κ3) is 1.61. The van der Waals surface area contributed by atoms with Crippen LogP contribution in [0, 0.1) is 0 Å². The SMILES string of the molecule is CN(C)C(C)(C)c1cnccn1. The van der Waals surface area contributed by atoms with Crippen molar-refractivity contribution in [1.82, 2.24) is 14.9 Å². The molecule has 3 heteroatoms. The van der Waals surface area contributed by atoms with Crippen molar-refractivity contribution >= 4 is 0 Å². The Labute approximate surface area is 73.5 Å². The first-order valence-electron chi connectivity index (χ1n) is 3.99. The summed E-state index contributed by atoms with van der Waals surface area (Å²) in [6.07, 6.45) is 5.22. The Hall–Kier alpha value is -0.960. The fourth-order valence-corrected chi connectivity index (χ4v) is 0.844. The first-order valence-corrected chi connectivity index (χ1v) is 3.99. The van der Waals surface area contributed by atoms with Crippen molar-refractivity contribution in [3.63, 3.8) is 0 Å². The molecule has 0 aliphatic heterocycles. The fourth-order valence-electron chi connectivity index (χ4n) is 0.844. The maximum Gasteiger partial charge on any atom is 0.0783 e. The number of aromatic nitrogens is 2. The van der Waals surface area contributed by atoms with Crippen LogP contribution in [0.3, 0.4) is 0 Å². The van der Waals surface area contributed by atoms with Gasteiger partial charge in [0.05, 0.1) is 17.4 Å². The summed E-state index contributed by atoms with van der Waals surface area (Å²) in [6, 6.07) is 0. The minimum atomic E-state index is -0.0474. The van der Waals surface area contributed by atoms with E-state index in [9.17, 15) is 0 Å². The molecule has 0 aliphatic carbocycles. The zero-order chi connectivity index (χ0) is 9.19. The molecule has 0 saturated carbocycles. The standard InChI is InChI=1S/C9H15N3/c1-9(2,12(3)4)8-7-10-5-6-11-8/h5-7H,1-4H3. The highest BCUT2D eigenvalue weighted by Gasteiger charge is 2.24. The van der Waals surface area contributed by atoms with Gasteiger partial charge in [0.2, 0.25) is 0 Å². The van der Waals surface area contributed by atoms with Crippen LogP contribution in [0.5, 0.6) is 0 Å². The van der Waals surface area contributed by atoms with E-state index in [-0.39, 0.29) is 5.54 Å². The smallest absolute Gasteiger partial charge is 0.0783 e. The van der Waals surface area contributed by atoms with Crippen molar-refractivity contribution in [2.24, 2.45) is 0 Å². The van der Waals surface area contributed by atoms with Crippen LogP contribution in [0.15, 0.2) is 18.6 Å². The van der Waals surface area contributed by atoms with Crippen LogP contribution in [-0.4, -0.2) is 29.0 Å². The molecule has 1 aromatic rings. The molecule has 0 atom stereocenters. The molecule has 0 fully saturated rings. The quantitative estimate of drug-likeness (QED) is 0.661. The van der Waals surface area contributed by atoms with Crippen LogP contribution in [0.1, 0.15) is 19.5 Å². The topological polar surface area (TPSA) is 29.0 Å². The second-order valence-corrected chi connectivity index (χ2v) is 3.54. The number of hydrogen-bond donors (Lipinski definition) is 0. The Morgan fingerprint density at radius 2 is 1.92 bits per heavy atom. The van der Waals surface area contributed by atoms with Crippen LogP contribution in [-0.2, 0) is 5.54 Å². The summed E-state index contributed by atoms with van der Waals surface area (Å²) < 4.78 is 0. The predicted octanol–water partition coefficient (Wildman–Crippen LogP) is 1.27. The van der Waals surface area contributed by atoms with E-state index in [0.29, 0.717) is 0 Å². The average Bonchev–Trinajstić information content (AvgIpc) is 2.06. The Kier molecular flexibility index (Phi) is 2.43. The minimum Gasteiger partial charge on any atom is -0.299 e. The molecule has 1 aromatic heterocycles. The lowest BCUT2D eigenvalue weighted by molar-refractivity contribution is 0.191. The first kappa shape index (κ1) is 9.13. The Morgan fingerprint density at radius 3 is 2.33 bits per heavy atom. The van der Waals surface area contributed by atoms with Gasteiger partial charge in [-0.15, -0.1) is 0 Å². The van der Waals surface area contributed by atoms with Crippen molar-refractivity contribution in [1.29, 1.82) is 0 Å². The van der Waals surface area contributed by atoms with E-state index >= 15 is 0 Å². The molecule has 0 amide bonds. The molecular weight excluding hydrogens is 150 g/mol. The molecule has 12 heavy (non-hydrogen) atoms. The largest absolute Gasteiger partial charge is 0.299 e. The highest BCUT2D eigenvalue weighted by molar-refractivity contribution is 5.07. The van der Waals surface area contributed by atoms with E-state index in [0.717, 1.165) is 5.69 Å². The van der Waals surface area contributed by atoms with Gasteiger partial charge in [0.1, 0.15) is 0 Å². The molecule has 0 aromatic carbocycles. The molecule has 0 unspecified atom stereocenters. The van der Waals surface area contributed by atoms with Crippen molar-refractivity contribution in [3.05, 3.63) is 24.3 Å². The van der Waals surface area contributed by atoms with Gasteiger partial charge < -0.3 is 0 Å². The van der Waals surface area contributed by atoms with Gasteiger partial charge in [-0.1, -0.05) is 0 Å². The second kappa shape index (κ2) is 3.19. The van der Waals surface area contributed by atoms with Gasteiger partial charge in [-0.05, 0) is 27.9 Å². The van der Waals surface area contributed by atoms with E-state index < -0.39 is 0 Å². The van der Waals surface area contributed by atoms with Crippen LogP contribution in [0.2, 0.25) is 0 Å². The number of hydrogen-bond acceptors (Lipinski definition) is 3. The second-order valence-electron chi connectivity index (χ2n) is 3.54.